The summed E-state index contributed by atoms with van der Waals surface area (Å²) in [5, 5.41) is 10.9. The molecule has 11 heavy (non-hydrogen) atoms. The third-order valence-electron chi connectivity index (χ3n) is 1.25. The smallest absolute Gasteiger partial charge is 0.295 e. The van der Waals surface area contributed by atoms with E-state index in [-0.39, 0.29) is 6.47 Å². The van der Waals surface area contributed by atoms with Gasteiger partial charge in [-0.2, -0.15) is 5.11 Å². The molecule has 3 nitrogen and oxygen atoms in total. The van der Waals surface area contributed by atoms with Crippen LogP contribution in [0, 0.1) is 0 Å². The van der Waals surface area contributed by atoms with E-state index in [1.165, 1.54) is 0 Å². The van der Waals surface area contributed by atoms with E-state index in [0.29, 0.717) is 5.56 Å². The van der Waals surface area contributed by atoms with Crippen LogP contribution in [-0.4, -0.2) is 6.47 Å². The SMILES string of the molecule is [O]C(OC=O)c1ccccc1. The molecule has 1 atom stereocenters. The van der Waals surface area contributed by atoms with E-state index in [4.69, 9.17) is 0 Å². The van der Waals surface area contributed by atoms with Crippen molar-refractivity contribution in [3.05, 3.63) is 35.9 Å². The molecule has 0 aliphatic carbocycles. The second-order valence-corrected chi connectivity index (χ2v) is 1.97. The predicted molar refractivity (Wildman–Crippen MR) is 37.0 cm³/mol. The highest BCUT2D eigenvalue weighted by Crippen LogP contribution is 2.12. The summed E-state index contributed by atoms with van der Waals surface area (Å²) in [6.45, 7) is 0.157. The average molecular weight is 151 g/mol. The maximum atomic E-state index is 10.9. The summed E-state index contributed by atoms with van der Waals surface area (Å²) >= 11 is 0. The molecular formula is C8H7O3. The molecule has 3 heteroatoms. The van der Waals surface area contributed by atoms with Crippen molar-refractivity contribution in [1.29, 1.82) is 0 Å². The molecular weight excluding hydrogens is 144 g/mol. The van der Waals surface area contributed by atoms with Gasteiger partial charge < -0.3 is 4.74 Å². The first-order valence-electron chi connectivity index (χ1n) is 3.14. The number of hydrogen-bond donors (Lipinski definition) is 0. The third kappa shape index (κ3) is 2.05. The lowest BCUT2D eigenvalue weighted by molar-refractivity contribution is -0.165. The van der Waals surface area contributed by atoms with Gasteiger partial charge in [0.2, 0.25) is 0 Å². The number of ether oxygens (including phenoxy) is 1. The molecule has 0 N–H and O–H groups in total. The predicted octanol–water partition coefficient (Wildman–Crippen LogP) is 1.29. The molecule has 1 rings (SSSR count). The first-order valence-corrected chi connectivity index (χ1v) is 3.14. The molecule has 0 aliphatic rings. The van der Waals surface area contributed by atoms with Gasteiger partial charge in [0.15, 0.2) is 0 Å². The Labute approximate surface area is 64.2 Å². The van der Waals surface area contributed by atoms with E-state index in [9.17, 15) is 9.90 Å². The molecule has 0 saturated heterocycles. The molecule has 0 aromatic heterocycles. The van der Waals surface area contributed by atoms with Gasteiger partial charge in [0.25, 0.3) is 12.8 Å². The van der Waals surface area contributed by atoms with Crippen LogP contribution in [-0.2, 0) is 14.6 Å². The number of rotatable bonds is 3. The molecule has 0 aliphatic heterocycles. The van der Waals surface area contributed by atoms with Gasteiger partial charge in [-0.1, -0.05) is 30.3 Å². The number of hydrogen-bond acceptors (Lipinski definition) is 2. The summed E-state index contributed by atoms with van der Waals surface area (Å²) in [4.78, 5) is 9.77. The maximum Gasteiger partial charge on any atom is 0.295 e. The third-order valence-corrected chi connectivity index (χ3v) is 1.25. The van der Waals surface area contributed by atoms with Gasteiger partial charge in [0.05, 0.1) is 0 Å². The van der Waals surface area contributed by atoms with Gasteiger partial charge in [0, 0.05) is 5.56 Å². The molecule has 0 saturated carbocycles. The zero-order valence-corrected chi connectivity index (χ0v) is 5.77. The molecule has 1 aromatic rings. The van der Waals surface area contributed by atoms with Crippen LogP contribution in [0.15, 0.2) is 30.3 Å². The first-order chi connectivity index (χ1) is 5.34. The number of carbonyl (C=O) groups excluding carboxylic acids is 1. The Hall–Kier alpha value is -1.35. The standard InChI is InChI=1S/C8H7O3/c9-6-11-8(10)7-4-2-1-3-5-7/h1-6,8H. The van der Waals surface area contributed by atoms with Gasteiger partial charge in [0.1, 0.15) is 0 Å². The van der Waals surface area contributed by atoms with Crippen molar-refractivity contribution in [2.75, 3.05) is 0 Å². The van der Waals surface area contributed by atoms with Crippen LogP contribution in [0.2, 0.25) is 0 Å². The summed E-state index contributed by atoms with van der Waals surface area (Å²) < 4.78 is 4.19. The second-order valence-electron chi connectivity index (χ2n) is 1.97. The fraction of sp³-hybridized carbons (Fsp3) is 0.125. The fourth-order valence-electron chi connectivity index (χ4n) is 0.739. The van der Waals surface area contributed by atoms with Crippen molar-refractivity contribution in [3.8, 4) is 0 Å². The highest BCUT2D eigenvalue weighted by Gasteiger charge is 2.06. The molecule has 0 bridgehead atoms. The average Bonchev–Trinajstić information content (AvgIpc) is 2.07. The van der Waals surface area contributed by atoms with Crippen LogP contribution in [0.5, 0.6) is 0 Å². The van der Waals surface area contributed by atoms with E-state index >= 15 is 0 Å². The summed E-state index contributed by atoms with van der Waals surface area (Å²) in [5.41, 5.74) is 0.458. The molecule has 0 fully saturated rings. The zero-order chi connectivity index (χ0) is 8.10. The maximum absolute atomic E-state index is 10.9. The summed E-state index contributed by atoms with van der Waals surface area (Å²) in [6, 6.07) is 8.45. The van der Waals surface area contributed by atoms with E-state index in [1.807, 2.05) is 0 Å². The van der Waals surface area contributed by atoms with Gasteiger partial charge in [-0.05, 0) is 0 Å². The van der Waals surface area contributed by atoms with Crippen molar-refractivity contribution in [2.24, 2.45) is 0 Å². The Kier molecular flexibility index (Phi) is 2.63. The van der Waals surface area contributed by atoms with Crippen LogP contribution in [0.3, 0.4) is 0 Å². The Morgan fingerprint density at radius 1 is 1.27 bits per heavy atom. The van der Waals surface area contributed by atoms with Gasteiger partial charge in [-0.25, -0.2) is 0 Å². The van der Waals surface area contributed by atoms with Crippen LogP contribution in [0.25, 0.3) is 0 Å². The van der Waals surface area contributed by atoms with Crippen molar-refractivity contribution >= 4 is 6.47 Å². The minimum atomic E-state index is -1.39. The minimum Gasteiger partial charge on any atom is -0.431 e. The van der Waals surface area contributed by atoms with Gasteiger partial charge >= 0.3 is 0 Å². The largest absolute Gasteiger partial charge is 0.431 e. The van der Waals surface area contributed by atoms with Gasteiger partial charge in [-0.15, -0.1) is 0 Å². The summed E-state index contributed by atoms with van der Waals surface area (Å²) in [7, 11) is 0. The van der Waals surface area contributed by atoms with Crippen molar-refractivity contribution in [2.45, 2.75) is 6.29 Å². The second kappa shape index (κ2) is 3.73. The lowest BCUT2D eigenvalue weighted by Gasteiger charge is -2.04. The molecule has 1 unspecified atom stereocenters. The van der Waals surface area contributed by atoms with Gasteiger partial charge in [-0.3, -0.25) is 4.79 Å². The monoisotopic (exact) mass is 151 g/mol. The quantitative estimate of drug-likeness (QED) is 0.482. The minimum absolute atomic E-state index is 0.157. The Balaban J connectivity index is 2.68. The molecule has 1 aromatic carbocycles. The fourth-order valence-corrected chi connectivity index (χ4v) is 0.739. The lowest BCUT2D eigenvalue weighted by Crippen LogP contribution is -1.98. The highest BCUT2D eigenvalue weighted by atomic mass is 16.6. The highest BCUT2D eigenvalue weighted by molar-refractivity contribution is 5.38. The topological polar surface area (TPSA) is 46.2 Å². The van der Waals surface area contributed by atoms with Crippen LogP contribution in [0.4, 0.5) is 0 Å². The van der Waals surface area contributed by atoms with Crippen molar-refractivity contribution < 1.29 is 14.6 Å². The Morgan fingerprint density at radius 3 is 2.45 bits per heavy atom. The van der Waals surface area contributed by atoms with Crippen molar-refractivity contribution in [3.63, 3.8) is 0 Å². The zero-order valence-electron chi connectivity index (χ0n) is 5.77. The molecule has 57 valence electrons. The molecule has 0 spiro atoms. The first kappa shape index (κ1) is 7.75. The Morgan fingerprint density at radius 2 is 1.91 bits per heavy atom. The van der Waals surface area contributed by atoms with Crippen LogP contribution < -0.4 is 0 Å². The molecule has 0 amide bonds. The normalized spacial score (nSPS) is 12.1. The summed E-state index contributed by atoms with van der Waals surface area (Å²) in [5.74, 6) is 0. The lowest BCUT2D eigenvalue weighted by atomic mass is 10.2. The van der Waals surface area contributed by atoms with Crippen LogP contribution in [0.1, 0.15) is 11.9 Å². The van der Waals surface area contributed by atoms with E-state index < -0.39 is 6.29 Å². The van der Waals surface area contributed by atoms with E-state index in [0.717, 1.165) is 0 Å². The molecule has 0 heterocycles. The van der Waals surface area contributed by atoms with E-state index in [2.05, 4.69) is 4.74 Å². The number of benzene rings is 1. The van der Waals surface area contributed by atoms with E-state index in [1.54, 1.807) is 30.3 Å². The van der Waals surface area contributed by atoms with Crippen LogP contribution >= 0.6 is 0 Å². The number of carbonyl (C=O) groups is 1. The van der Waals surface area contributed by atoms with Crippen molar-refractivity contribution in [1.82, 2.24) is 0 Å². The Bertz CT molecular complexity index is 220. The molecule has 1 radical (unpaired) electrons. The summed E-state index contributed by atoms with van der Waals surface area (Å²) in [6.07, 6.45) is -1.39.